The summed E-state index contributed by atoms with van der Waals surface area (Å²) in [6.07, 6.45) is 1.07. The summed E-state index contributed by atoms with van der Waals surface area (Å²) in [4.78, 5) is 9.95. The zero-order chi connectivity index (χ0) is 30.5. The lowest BCUT2D eigenvalue weighted by Crippen LogP contribution is -2.09. The first-order chi connectivity index (χ1) is 21.6. The van der Waals surface area contributed by atoms with Gasteiger partial charge < -0.3 is 4.90 Å². The molecule has 44 heavy (non-hydrogen) atoms. The van der Waals surface area contributed by atoms with Crippen molar-refractivity contribution in [1.29, 1.82) is 15.8 Å². The molecule has 0 amide bonds. The van der Waals surface area contributed by atoms with Gasteiger partial charge in [-0.25, -0.2) is 0 Å². The van der Waals surface area contributed by atoms with Gasteiger partial charge in [0.15, 0.2) is 0 Å². The lowest BCUT2D eigenvalue weighted by molar-refractivity contribution is 1.19. The molecule has 3 aromatic carbocycles. The van der Waals surface area contributed by atoms with Crippen LogP contribution in [0.2, 0.25) is 0 Å². The van der Waals surface area contributed by atoms with E-state index in [1.807, 2.05) is 83.3 Å². The van der Waals surface area contributed by atoms with Crippen LogP contribution in [0.15, 0.2) is 121 Å². The molecule has 0 saturated carbocycles. The molecule has 210 valence electrons. The van der Waals surface area contributed by atoms with Crippen molar-refractivity contribution in [2.45, 2.75) is 13.3 Å². The molecule has 0 bridgehead atoms. The predicted molar refractivity (Wildman–Crippen MR) is 184 cm³/mol. The van der Waals surface area contributed by atoms with Crippen LogP contribution in [-0.4, -0.2) is 0 Å². The fourth-order valence-electron chi connectivity index (χ4n) is 4.91. The highest BCUT2D eigenvalue weighted by atomic mass is 32.1. The van der Waals surface area contributed by atoms with Crippen molar-refractivity contribution in [1.82, 2.24) is 0 Å². The topological polar surface area (TPSA) is 74.6 Å². The molecule has 4 nitrogen and oxygen atoms in total. The Hall–Kier alpha value is -5.23. The van der Waals surface area contributed by atoms with Gasteiger partial charge in [0.25, 0.3) is 0 Å². The molecule has 6 rings (SSSR count). The molecule has 0 aliphatic heterocycles. The first-order valence-electron chi connectivity index (χ1n) is 13.9. The largest absolute Gasteiger partial charge is 0.311 e. The van der Waals surface area contributed by atoms with Crippen LogP contribution in [0, 0.1) is 34.0 Å². The summed E-state index contributed by atoms with van der Waals surface area (Å²) >= 11 is 5.52. The maximum Gasteiger partial charge on any atom is 0.148 e. The number of nitriles is 3. The standard InChI is InChI=1S/C37H24N4S3/c1-2-31-16-17-34(42-31)35-20-21-37(44-35)36-19-18-33(43-36)26-10-14-30(15-11-26)41(28-6-4-3-5-7-28)29-12-8-25(9-13-29)32(24-40)27(22-38)23-39/h3-21H,2H2,1H3. The van der Waals surface area contributed by atoms with Crippen molar-refractivity contribution < 1.29 is 0 Å². The van der Waals surface area contributed by atoms with Crippen LogP contribution < -0.4 is 4.90 Å². The molecule has 0 aliphatic rings. The molecule has 0 aliphatic carbocycles. The summed E-state index contributed by atoms with van der Waals surface area (Å²) < 4.78 is 0. The predicted octanol–water partition coefficient (Wildman–Crippen LogP) is 11.2. The minimum Gasteiger partial charge on any atom is -0.311 e. The number of hydrogen-bond donors (Lipinski definition) is 0. The molecule has 0 radical (unpaired) electrons. The Morgan fingerprint density at radius 2 is 1.05 bits per heavy atom. The monoisotopic (exact) mass is 620 g/mol. The molecule has 0 N–H and O–H groups in total. The van der Waals surface area contributed by atoms with Gasteiger partial charge in [-0.05, 0) is 90.3 Å². The van der Waals surface area contributed by atoms with E-state index < -0.39 is 0 Å². The van der Waals surface area contributed by atoms with Gasteiger partial charge in [0.05, 0.1) is 5.57 Å². The van der Waals surface area contributed by atoms with Crippen molar-refractivity contribution in [2.24, 2.45) is 0 Å². The van der Waals surface area contributed by atoms with E-state index in [0.717, 1.165) is 29.0 Å². The number of anilines is 3. The van der Waals surface area contributed by atoms with Crippen molar-refractivity contribution in [2.75, 3.05) is 4.90 Å². The summed E-state index contributed by atoms with van der Waals surface area (Å²) in [6, 6.07) is 44.9. The zero-order valence-corrected chi connectivity index (χ0v) is 26.1. The van der Waals surface area contributed by atoms with Crippen LogP contribution in [0.3, 0.4) is 0 Å². The van der Waals surface area contributed by atoms with Crippen LogP contribution in [0.5, 0.6) is 0 Å². The maximum absolute atomic E-state index is 9.57. The SMILES string of the molecule is CCc1ccc(-c2ccc(-c3ccc(-c4ccc(N(c5ccccc5)c5ccc(C(C#N)=C(C#N)C#N)cc5)cc4)s3)s2)s1. The Balaban J connectivity index is 1.28. The summed E-state index contributed by atoms with van der Waals surface area (Å²) in [5.74, 6) is 0. The molecule has 0 spiro atoms. The highest BCUT2D eigenvalue weighted by molar-refractivity contribution is 7.27. The smallest absolute Gasteiger partial charge is 0.148 e. The second kappa shape index (κ2) is 13.0. The summed E-state index contributed by atoms with van der Waals surface area (Å²) in [7, 11) is 0. The third-order valence-corrected chi connectivity index (χ3v) is 11.0. The van der Waals surface area contributed by atoms with Gasteiger partial charge in [0, 0.05) is 46.3 Å². The second-order valence-corrected chi connectivity index (χ2v) is 13.1. The van der Waals surface area contributed by atoms with E-state index in [4.69, 9.17) is 0 Å². The van der Waals surface area contributed by atoms with Gasteiger partial charge >= 0.3 is 0 Å². The molecule has 7 heteroatoms. The third kappa shape index (κ3) is 5.84. The Morgan fingerprint density at radius 1 is 0.545 bits per heavy atom. The van der Waals surface area contributed by atoms with Crippen LogP contribution >= 0.6 is 34.0 Å². The fourth-order valence-corrected chi connectivity index (χ4v) is 8.05. The van der Waals surface area contributed by atoms with Crippen molar-refractivity contribution >= 4 is 56.6 Å². The van der Waals surface area contributed by atoms with E-state index in [-0.39, 0.29) is 11.1 Å². The van der Waals surface area contributed by atoms with Crippen molar-refractivity contribution in [3.8, 4) is 48.2 Å². The summed E-state index contributed by atoms with van der Waals surface area (Å²) in [5.41, 5.74) is 4.43. The van der Waals surface area contributed by atoms with Crippen molar-refractivity contribution in [3.63, 3.8) is 0 Å². The Morgan fingerprint density at radius 3 is 1.59 bits per heavy atom. The van der Waals surface area contributed by atoms with E-state index in [1.54, 1.807) is 23.5 Å². The number of rotatable bonds is 8. The van der Waals surface area contributed by atoms with E-state index in [2.05, 4.69) is 72.5 Å². The molecule has 0 fully saturated rings. The minimum atomic E-state index is -0.194. The Labute approximate surface area is 268 Å². The summed E-state index contributed by atoms with van der Waals surface area (Å²) in [6.45, 7) is 2.20. The maximum atomic E-state index is 9.57. The normalized spacial score (nSPS) is 10.4. The summed E-state index contributed by atoms with van der Waals surface area (Å²) in [5, 5.41) is 28.1. The van der Waals surface area contributed by atoms with Crippen LogP contribution in [0.1, 0.15) is 17.4 Å². The average molecular weight is 621 g/mol. The van der Waals surface area contributed by atoms with Gasteiger partial charge in [-0.2, -0.15) is 15.8 Å². The van der Waals surface area contributed by atoms with Crippen molar-refractivity contribution in [3.05, 3.63) is 131 Å². The highest BCUT2D eigenvalue weighted by Crippen LogP contribution is 2.43. The number of nitrogens with zero attached hydrogens (tertiary/aromatic N) is 4. The van der Waals surface area contributed by atoms with E-state index in [1.165, 1.54) is 29.3 Å². The average Bonchev–Trinajstić information content (AvgIpc) is 3.86. The highest BCUT2D eigenvalue weighted by Gasteiger charge is 2.15. The molecule has 0 unspecified atom stereocenters. The first-order valence-corrected chi connectivity index (χ1v) is 16.4. The lowest BCUT2D eigenvalue weighted by Gasteiger charge is -2.25. The van der Waals surface area contributed by atoms with E-state index >= 15 is 0 Å². The minimum absolute atomic E-state index is 0.0726. The molecule has 3 aromatic heterocycles. The molecule has 6 aromatic rings. The third-order valence-electron chi connectivity index (χ3n) is 7.13. The van der Waals surface area contributed by atoms with Gasteiger partial charge in [-0.3, -0.25) is 0 Å². The van der Waals surface area contributed by atoms with E-state index in [9.17, 15) is 15.8 Å². The van der Waals surface area contributed by atoms with Crippen LogP contribution in [0.25, 0.3) is 35.5 Å². The van der Waals surface area contributed by atoms with E-state index in [0.29, 0.717) is 5.56 Å². The lowest BCUT2D eigenvalue weighted by atomic mass is 10.0. The number of aryl methyl sites for hydroxylation is 1. The van der Waals surface area contributed by atoms with Gasteiger partial charge in [0.2, 0.25) is 0 Å². The van der Waals surface area contributed by atoms with Gasteiger partial charge in [-0.1, -0.05) is 49.4 Å². The molecular weight excluding hydrogens is 597 g/mol. The molecular formula is C37H24N4S3. The molecule has 0 saturated heterocycles. The molecule has 0 atom stereocenters. The quantitative estimate of drug-likeness (QED) is 0.159. The number of hydrogen-bond acceptors (Lipinski definition) is 7. The number of allylic oxidation sites excluding steroid dienone is 2. The molecule has 3 heterocycles. The number of para-hydroxylation sites is 1. The van der Waals surface area contributed by atoms with Crippen LogP contribution in [-0.2, 0) is 6.42 Å². The van der Waals surface area contributed by atoms with Gasteiger partial charge in [-0.15, -0.1) is 34.0 Å². The first kappa shape index (κ1) is 28.9. The van der Waals surface area contributed by atoms with Gasteiger partial charge in [0.1, 0.15) is 23.8 Å². The Kier molecular flexibility index (Phi) is 8.50. The Bertz CT molecular complexity index is 2060. The second-order valence-electron chi connectivity index (χ2n) is 9.80. The zero-order valence-electron chi connectivity index (χ0n) is 23.7. The number of benzene rings is 3. The number of thiophene rings is 3. The fraction of sp³-hybridized carbons (Fsp3) is 0.0541. The van der Waals surface area contributed by atoms with Crippen LogP contribution in [0.4, 0.5) is 17.1 Å².